The highest BCUT2D eigenvalue weighted by Gasteiger charge is 2.35. The van der Waals surface area contributed by atoms with Crippen molar-refractivity contribution in [3.05, 3.63) is 17.2 Å². The summed E-state index contributed by atoms with van der Waals surface area (Å²) in [6.07, 6.45) is 0.618. The molecule has 7 heteroatoms. The van der Waals surface area contributed by atoms with Gasteiger partial charge in [-0.25, -0.2) is 4.79 Å². The minimum Gasteiger partial charge on any atom is -0.493 e. The Morgan fingerprint density at radius 3 is 2.61 bits per heavy atom. The third-order valence-corrected chi connectivity index (χ3v) is 4.92. The third kappa shape index (κ3) is 3.45. The zero-order valence-corrected chi connectivity index (χ0v) is 15.1. The van der Waals surface area contributed by atoms with E-state index in [1.165, 1.54) is 7.11 Å². The van der Waals surface area contributed by atoms with Gasteiger partial charge in [-0.2, -0.15) is 12.6 Å². The Kier molecular flexibility index (Phi) is 4.92. The molecule has 1 aliphatic rings. The number of nitrogen functional groups attached to an aromatic ring is 1. The molecule has 5 nitrogen and oxygen atoms in total. The Morgan fingerprint density at radius 1 is 1.39 bits per heavy atom. The standard InChI is InChI=1S/C16H23BNO4S/c1-15(2,16(3,4)23)22-17-10-8-11(18)12(14(19)20-5)9-6-7-21-13(9)10/h8,23H,6-7,18H2,1-5H3. The predicted molar refractivity (Wildman–Crippen MR) is 95.0 cm³/mol. The summed E-state index contributed by atoms with van der Waals surface area (Å²) in [7, 11) is 2.96. The SMILES string of the molecule is COC(=O)c1c(N)cc([B]OC(C)(C)C(C)(C)S)c2c1CCO2. The first kappa shape index (κ1) is 18.0. The van der Waals surface area contributed by atoms with E-state index < -0.39 is 11.6 Å². The number of fused-ring (bicyclic) bond motifs is 1. The lowest BCUT2D eigenvalue weighted by Crippen LogP contribution is -2.45. The zero-order valence-electron chi connectivity index (χ0n) is 14.2. The summed E-state index contributed by atoms with van der Waals surface area (Å²) in [5.41, 5.74) is 7.78. The summed E-state index contributed by atoms with van der Waals surface area (Å²) < 4.78 is 16.1. The number of benzene rings is 1. The molecule has 0 aliphatic carbocycles. The van der Waals surface area contributed by atoms with Crippen LogP contribution in [-0.4, -0.2) is 37.5 Å². The molecular formula is C16H23BNO4S. The van der Waals surface area contributed by atoms with Gasteiger partial charge in [0.25, 0.3) is 0 Å². The molecule has 0 saturated heterocycles. The summed E-state index contributed by atoms with van der Waals surface area (Å²) in [5, 5.41) is 0. The molecule has 1 heterocycles. The summed E-state index contributed by atoms with van der Waals surface area (Å²) in [6.45, 7) is 8.40. The van der Waals surface area contributed by atoms with Crippen LogP contribution in [0, 0.1) is 0 Å². The van der Waals surface area contributed by atoms with E-state index in [4.69, 9.17) is 19.9 Å². The lowest BCUT2D eigenvalue weighted by Gasteiger charge is -2.38. The van der Waals surface area contributed by atoms with Crippen molar-refractivity contribution in [2.24, 2.45) is 0 Å². The minimum absolute atomic E-state index is 0.342. The first-order valence-electron chi connectivity index (χ1n) is 7.48. The normalized spacial score (nSPS) is 14.2. The van der Waals surface area contributed by atoms with Gasteiger partial charge >= 0.3 is 13.5 Å². The fourth-order valence-electron chi connectivity index (χ4n) is 2.22. The molecule has 2 rings (SSSR count). The molecule has 1 aromatic rings. The fraction of sp³-hybridized carbons (Fsp3) is 0.562. The number of carbonyl (C=O) groups excluding carboxylic acids is 1. The van der Waals surface area contributed by atoms with E-state index >= 15 is 0 Å². The van der Waals surface area contributed by atoms with Gasteiger partial charge < -0.3 is 19.9 Å². The number of ether oxygens (including phenoxy) is 2. The minimum atomic E-state index is -0.503. The van der Waals surface area contributed by atoms with E-state index in [1.807, 2.05) is 27.7 Å². The third-order valence-electron chi connectivity index (χ3n) is 4.38. The van der Waals surface area contributed by atoms with Crippen LogP contribution in [-0.2, 0) is 15.8 Å². The molecule has 125 valence electrons. The van der Waals surface area contributed by atoms with Gasteiger partial charge in [0.1, 0.15) is 5.75 Å². The van der Waals surface area contributed by atoms with Crippen molar-refractivity contribution in [3.63, 3.8) is 0 Å². The molecule has 0 fully saturated rings. The van der Waals surface area contributed by atoms with Gasteiger partial charge in [0.2, 0.25) is 0 Å². The number of esters is 1. The van der Waals surface area contributed by atoms with Crippen LogP contribution >= 0.6 is 12.6 Å². The molecule has 0 atom stereocenters. The molecule has 1 aromatic carbocycles. The molecule has 0 spiro atoms. The number of rotatable bonds is 5. The summed E-state index contributed by atoms with van der Waals surface area (Å²) in [4.78, 5) is 11.9. The Bertz CT molecular complexity index is 625. The second-order valence-electron chi connectivity index (χ2n) is 6.63. The number of anilines is 1. The van der Waals surface area contributed by atoms with E-state index in [0.29, 0.717) is 35.5 Å². The average molecular weight is 336 g/mol. The summed E-state index contributed by atoms with van der Waals surface area (Å²) >= 11 is 4.58. The summed E-state index contributed by atoms with van der Waals surface area (Å²) in [5.74, 6) is 0.181. The highest BCUT2D eigenvalue weighted by Crippen LogP contribution is 2.33. The quantitative estimate of drug-likeness (QED) is 0.371. The Balaban J connectivity index is 2.34. The molecule has 0 saturated carbocycles. The molecule has 0 bridgehead atoms. The number of thiol groups is 1. The molecule has 0 unspecified atom stereocenters. The Hall–Kier alpha value is -1.34. The number of hydrogen-bond donors (Lipinski definition) is 2. The fourth-order valence-corrected chi connectivity index (χ4v) is 2.27. The van der Waals surface area contributed by atoms with Gasteiger partial charge in [0, 0.05) is 22.4 Å². The van der Waals surface area contributed by atoms with Crippen molar-refractivity contribution in [3.8, 4) is 5.75 Å². The van der Waals surface area contributed by atoms with Crippen molar-refractivity contribution in [2.45, 2.75) is 44.5 Å². The second-order valence-corrected chi connectivity index (χ2v) is 7.75. The van der Waals surface area contributed by atoms with Gasteiger partial charge in [-0.1, -0.05) is 0 Å². The van der Waals surface area contributed by atoms with Gasteiger partial charge in [-0.3, -0.25) is 0 Å². The molecule has 2 N–H and O–H groups in total. The number of methoxy groups -OCH3 is 1. The zero-order chi connectivity index (χ0) is 17.4. The van der Waals surface area contributed by atoms with Crippen molar-refractivity contribution < 1.29 is 18.9 Å². The lowest BCUT2D eigenvalue weighted by molar-refractivity contribution is 0.0600. The molecule has 0 amide bonds. The number of carbonyl (C=O) groups is 1. The van der Waals surface area contributed by atoms with Crippen molar-refractivity contribution in [1.29, 1.82) is 0 Å². The molecule has 1 radical (unpaired) electrons. The van der Waals surface area contributed by atoms with Crippen LogP contribution in [0.5, 0.6) is 5.75 Å². The van der Waals surface area contributed by atoms with Crippen LogP contribution < -0.4 is 15.9 Å². The average Bonchev–Trinajstić information content (AvgIpc) is 2.92. The maximum atomic E-state index is 11.9. The topological polar surface area (TPSA) is 70.8 Å². The van der Waals surface area contributed by atoms with Crippen LogP contribution in [0.1, 0.15) is 43.6 Å². The summed E-state index contributed by atoms with van der Waals surface area (Å²) in [6, 6.07) is 1.68. The van der Waals surface area contributed by atoms with E-state index in [1.54, 1.807) is 13.5 Å². The smallest absolute Gasteiger partial charge is 0.340 e. The predicted octanol–water partition coefficient (Wildman–Crippen LogP) is 1.74. The van der Waals surface area contributed by atoms with Crippen molar-refractivity contribution in [1.82, 2.24) is 0 Å². The van der Waals surface area contributed by atoms with Crippen molar-refractivity contribution in [2.75, 3.05) is 19.5 Å². The molecular weight excluding hydrogens is 313 g/mol. The van der Waals surface area contributed by atoms with Gasteiger partial charge in [0.05, 0.1) is 24.9 Å². The van der Waals surface area contributed by atoms with E-state index in [-0.39, 0.29) is 4.75 Å². The molecule has 23 heavy (non-hydrogen) atoms. The molecule has 1 aliphatic heterocycles. The first-order valence-corrected chi connectivity index (χ1v) is 7.93. The lowest BCUT2D eigenvalue weighted by atomic mass is 9.81. The van der Waals surface area contributed by atoms with Crippen LogP contribution in [0.25, 0.3) is 0 Å². The highest BCUT2D eigenvalue weighted by molar-refractivity contribution is 7.81. The van der Waals surface area contributed by atoms with Gasteiger partial charge in [0.15, 0.2) is 0 Å². The number of nitrogens with two attached hydrogens (primary N) is 1. The monoisotopic (exact) mass is 336 g/mol. The van der Waals surface area contributed by atoms with Crippen molar-refractivity contribution >= 4 is 37.2 Å². The molecule has 0 aromatic heterocycles. The van der Waals surface area contributed by atoms with Gasteiger partial charge in [-0.05, 0) is 39.2 Å². The maximum Gasteiger partial charge on any atom is 0.340 e. The largest absolute Gasteiger partial charge is 0.493 e. The van der Waals surface area contributed by atoms with E-state index in [2.05, 4.69) is 12.6 Å². The van der Waals surface area contributed by atoms with Crippen LogP contribution in [0.3, 0.4) is 0 Å². The van der Waals surface area contributed by atoms with E-state index in [0.717, 1.165) is 5.56 Å². The van der Waals surface area contributed by atoms with E-state index in [9.17, 15) is 4.79 Å². The Labute approximate surface area is 143 Å². The van der Waals surface area contributed by atoms with Crippen LogP contribution in [0.2, 0.25) is 0 Å². The second kappa shape index (κ2) is 6.28. The first-order chi connectivity index (χ1) is 10.6. The number of hydrogen-bond acceptors (Lipinski definition) is 6. The van der Waals surface area contributed by atoms with Crippen LogP contribution in [0.15, 0.2) is 6.07 Å². The van der Waals surface area contributed by atoms with Gasteiger partial charge in [-0.15, -0.1) is 0 Å². The Morgan fingerprint density at radius 2 is 2.04 bits per heavy atom. The maximum absolute atomic E-state index is 11.9. The van der Waals surface area contributed by atoms with Crippen LogP contribution in [0.4, 0.5) is 5.69 Å². The highest BCUT2D eigenvalue weighted by atomic mass is 32.1.